The van der Waals surface area contributed by atoms with Crippen molar-refractivity contribution in [3.63, 3.8) is 0 Å². The standard InChI is InChI=1S/C23H23ClN4O3S/c1-27-10-12-28(13-11-27)22(31)16-4-7-18-20(14-16)32-23(25-18)26-21(30)9-8-19(29)15-2-5-17(24)6-3-15/h2-7,14H,8-13H2,1H3,(H,25,26,30). The first-order valence-corrected chi connectivity index (χ1v) is 11.6. The highest BCUT2D eigenvalue weighted by molar-refractivity contribution is 7.22. The minimum absolute atomic E-state index is 0.0136. The predicted molar refractivity (Wildman–Crippen MR) is 127 cm³/mol. The summed E-state index contributed by atoms with van der Waals surface area (Å²) >= 11 is 7.15. The van der Waals surface area contributed by atoms with Crippen LogP contribution in [-0.4, -0.2) is 65.6 Å². The lowest BCUT2D eigenvalue weighted by Crippen LogP contribution is -2.47. The quantitative estimate of drug-likeness (QED) is 0.552. The Morgan fingerprint density at radius 3 is 2.41 bits per heavy atom. The van der Waals surface area contributed by atoms with Crippen LogP contribution >= 0.6 is 22.9 Å². The molecule has 0 atom stereocenters. The Kier molecular flexibility index (Phi) is 6.83. The predicted octanol–water partition coefficient (Wildman–Crippen LogP) is 3.94. The van der Waals surface area contributed by atoms with Crippen molar-refractivity contribution in [1.82, 2.24) is 14.8 Å². The summed E-state index contributed by atoms with van der Waals surface area (Å²) in [5.74, 6) is -0.381. The molecule has 2 amide bonds. The molecular weight excluding hydrogens is 448 g/mol. The van der Waals surface area contributed by atoms with Crippen LogP contribution in [0.1, 0.15) is 33.6 Å². The van der Waals surface area contributed by atoms with Crippen LogP contribution in [0.4, 0.5) is 5.13 Å². The van der Waals surface area contributed by atoms with Crippen LogP contribution in [0, 0.1) is 0 Å². The second kappa shape index (κ2) is 9.77. The second-order valence-corrected chi connectivity index (χ2v) is 9.24. The number of thiazole rings is 1. The number of hydrogen-bond acceptors (Lipinski definition) is 6. The van der Waals surface area contributed by atoms with Gasteiger partial charge in [-0.2, -0.15) is 0 Å². The van der Waals surface area contributed by atoms with E-state index in [1.54, 1.807) is 36.4 Å². The number of carbonyl (C=O) groups excluding carboxylic acids is 3. The Balaban J connectivity index is 1.36. The van der Waals surface area contributed by atoms with Crippen LogP contribution in [0.25, 0.3) is 10.2 Å². The number of nitrogens with zero attached hydrogens (tertiary/aromatic N) is 3. The maximum absolute atomic E-state index is 12.8. The van der Waals surface area contributed by atoms with E-state index in [-0.39, 0.29) is 30.4 Å². The number of rotatable bonds is 6. The van der Waals surface area contributed by atoms with Gasteiger partial charge in [-0.3, -0.25) is 14.4 Å². The molecule has 2 aromatic carbocycles. The number of Topliss-reactive ketones (excluding diaryl/α,β-unsaturated/α-hetero) is 1. The van der Waals surface area contributed by atoms with Gasteiger partial charge in [-0.15, -0.1) is 0 Å². The third-order valence-corrected chi connectivity index (χ3v) is 6.60. The Bertz CT molecular complexity index is 1150. The summed E-state index contributed by atoms with van der Waals surface area (Å²) in [6.45, 7) is 3.16. The molecule has 0 saturated carbocycles. The number of ketones is 1. The van der Waals surface area contributed by atoms with Crippen molar-refractivity contribution in [2.75, 3.05) is 38.5 Å². The largest absolute Gasteiger partial charge is 0.336 e. The zero-order valence-corrected chi connectivity index (χ0v) is 19.2. The lowest BCUT2D eigenvalue weighted by molar-refractivity contribution is -0.116. The average molecular weight is 471 g/mol. The highest BCUT2D eigenvalue weighted by Crippen LogP contribution is 2.27. The fourth-order valence-corrected chi connectivity index (χ4v) is 4.54. The Labute approximate surface area is 195 Å². The third-order valence-electron chi connectivity index (χ3n) is 5.42. The van der Waals surface area contributed by atoms with Gasteiger partial charge in [0.05, 0.1) is 10.2 Å². The fraction of sp³-hybridized carbons (Fsp3) is 0.304. The van der Waals surface area contributed by atoms with E-state index in [4.69, 9.17) is 11.6 Å². The summed E-state index contributed by atoms with van der Waals surface area (Å²) in [6, 6.07) is 12.0. The van der Waals surface area contributed by atoms with E-state index in [0.29, 0.717) is 34.4 Å². The van der Waals surface area contributed by atoms with Crippen LogP contribution < -0.4 is 5.32 Å². The zero-order chi connectivity index (χ0) is 22.7. The van der Waals surface area contributed by atoms with Gasteiger partial charge in [0.15, 0.2) is 10.9 Å². The SMILES string of the molecule is CN1CCN(C(=O)c2ccc3nc(NC(=O)CCC(=O)c4ccc(Cl)cc4)sc3c2)CC1. The van der Waals surface area contributed by atoms with Gasteiger partial charge in [-0.1, -0.05) is 22.9 Å². The summed E-state index contributed by atoms with van der Waals surface area (Å²) in [6.07, 6.45) is 0.159. The second-order valence-electron chi connectivity index (χ2n) is 7.78. The molecule has 1 fully saturated rings. The first-order chi connectivity index (χ1) is 15.4. The van der Waals surface area contributed by atoms with Gasteiger partial charge in [0.25, 0.3) is 5.91 Å². The zero-order valence-electron chi connectivity index (χ0n) is 17.6. The fourth-order valence-electron chi connectivity index (χ4n) is 3.49. The Morgan fingerprint density at radius 1 is 1.00 bits per heavy atom. The first-order valence-electron chi connectivity index (χ1n) is 10.4. The lowest BCUT2D eigenvalue weighted by Gasteiger charge is -2.32. The van der Waals surface area contributed by atoms with Crippen molar-refractivity contribution < 1.29 is 14.4 Å². The molecule has 0 unspecified atom stereocenters. The average Bonchev–Trinajstić information content (AvgIpc) is 3.19. The first kappa shape index (κ1) is 22.4. The molecule has 7 nitrogen and oxygen atoms in total. The maximum atomic E-state index is 12.8. The number of carbonyl (C=O) groups is 3. The van der Waals surface area contributed by atoms with Crippen LogP contribution in [0.5, 0.6) is 0 Å². The van der Waals surface area contributed by atoms with Gasteiger partial charge >= 0.3 is 0 Å². The normalized spacial score (nSPS) is 14.5. The highest BCUT2D eigenvalue weighted by atomic mass is 35.5. The third kappa shape index (κ3) is 5.32. The van der Waals surface area contributed by atoms with Crippen molar-refractivity contribution in [1.29, 1.82) is 0 Å². The van der Waals surface area contributed by atoms with Crippen LogP contribution in [0.15, 0.2) is 42.5 Å². The molecule has 3 aromatic rings. The Morgan fingerprint density at radius 2 is 1.69 bits per heavy atom. The van der Waals surface area contributed by atoms with E-state index < -0.39 is 0 Å². The van der Waals surface area contributed by atoms with E-state index in [0.717, 1.165) is 23.3 Å². The molecule has 0 bridgehead atoms. The molecule has 4 rings (SSSR count). The summed E-state index contributed by atoms with van der Waals surface area (Å²) in [5, 5.41) is 3.77. The van der Waals surface area contributed by atoms with E-state index in [1.807, 2.05) is 11.0 Å². The molecule has 1 N–H and O–H groups in total. The molecule has 1 aliphatic rings. The molecule has 0 aliphatic carbocycles. The molecule has 9 heteroatoms. The lowest BCUT2D eigenvalue weighted by atomic mass is 10.1. The van der Waals surface area contributed by atoms with Gasteiger partial charge < -0.3 is 15.1 Å². The number of aromatic nitrogens is 1. The summed E-state index contributed by atoms with van der Waals surface area (Å²) in [7, 11) is 2.05. The number of anilines is 1. The minimum atomic E-state index is -0.278. The maximum Gasteiger partial charge on any atom is 0.253 e. The minimum Gasteiger partial charge on any atom is -0.336 e. The van der Waals surface area contributed by atoms with E-state index in [9.17, 15) is 14.4 Å². The van der Waals surface area contributed by atoms with E-state index >= 15 is 0 Å². The molecule has 2 heterocycles. The Hall–Kier alpha value is -2.81. The molecule has 1 aromatic heterocycles. The monoisotopic (exact) mass is 470 g/mol. The van der Waals surface area contributed by atoms with Crippen molar-refractivity contribution in [2.45, 2.75) is 12.8 Å². The topological polar surface area (TPSA) is 82.6 Å². The summed E-state index contributed by atoms with van der Waals surface area (Å²) < 4.78 is 0.831. The van der Waals surface area contributed by atoms with Crippen LogP contribution in [0.3, 0.4) is 0 Å². The molecule has 1 saturated heterocycles. The molecule has 166 valence electrons. The molecule has 0 radical (unpaired) electrons. The number of hydrogen-bond donors (Lipinski definition) is 1. The molecule has 1 aliphatic heterocycles. The van der Waals surface area contributed by atoms with Crippen LogP contribution in [0.2, 0.25) is 5.02 Å². The number of piperazine rings is 1. The van der Waals surface area contributed by atoms with E-state index in [2.05, 4.69) is 22.2 Å². The molecular formula is C23H23ClN4O3S. The van der Waals surface area contributed by atoms with Gasteiger partial charge in [0, 0.05) is 55.2 Å². The number of amides is 2. The number of nitrogens with one attached hydrogen (secondary N) is 1. The van der Waals surface area contributed by atoms with Gasteiger partial charge in [-0.05, 0) is 49.5 Å². The summed E-state index contributed by atoms with van der Waals surface area (Å²) in [5.41, 5.74) is 1.87. The van der Waals surface area contributed by atoms with Crippen molar-refractivity contribution in [3.05, 3.63) is 58.6 Å². The van der Waals surface area contributed by atoms with Crippen LogP contribution in [-0.2, 0) is 4.79 Å². The van der Waals surface area contributed by atoms with Crippen molar-refractivity contribution >= 4 is 55.9 Å². The van der Waals surface area contributed by atoms with E-state index in [1.165, 1.54) is 11.3 Å². The smallest absolute Gasteiger partial charge is 0.253 e. The van der Waals surface area contributed by atoms with Gasteiger partial charge in [0.2, 0.25) is 5.91 Å². The molecule has 32 heavy (non-hydrogen) atoms. The number of benzene rings is 2. The number of fused-ring (bicyclic) bond motifs is 1. The van der Waals surface area contributed by atoms with Gasteiger partial charge in [0.1, 0.15) is 0 Å². The molecule has 0 spiro atoms. The highest BCUT2D eigenvalue weighted by Gasteiger charge is 2.21. The number of likely N-dealkylation sites (N-methyl/N-ethyl adjacent to an activating group) is 1. The van der Waals surface area contributed by atoms with Crippen molar-refractivity contribution in [2.24, 2.45) is 0 Å². The number of halogens is 1. The summed E-state index contributed by atoms with van der Waals surface area (Å²) in [4.78, 5) is 45.8. The van der Waals surface area contributed by atoms with Crippen molar-refractivity contribution in [3.8, 4) is 0 Å². The van der Waals surface area contributed by atoms with Gasteiger partial charge in [-0.25, -0.2) is 4.98 Å².